The van der Waals surface area contributed by atoms with E-state index in [1.807, 2.05) is 76.5 Å². The largest absolute Gasteiger partial charge is 0.573 e. The summed E-state index contributed by atoms with van der Waals surface area (Å²) in [5.74, 6) is -0.251. The molecule has 6 rings (SSSR count). The molecule has 17 heteroatoms. The van der Waals surface area contributed by atoms with Crippen molar-refractivity contribution in [1.82, 2.24) is 30.5 Å². The number of amides is 3. The van der Waals surface area contributed by atoms with Crippen molar-refractivity contribution in [3.05, 3.63) is 102 Å². The van der Waals surface area contributed by atoms with E-state index in [9.17, 15) is 27.6 Å². The quantitative estimate of drug-likeness (QED) is 0.0841. The van der Waals surface area contributed by atoms with E-state index >= 15 is 0 Å². The summed E-state index contributed by atoms with van der Waals surface area (Å²) in [5, 5.41) is 8.90. The first-order valence-corrected chi connectivity index (χ1v) is 20.5. The number of carbonyl (C=O) groups excluding carboxylic acids is 3. The summed E-state index contributed by atoms with van der Waals surface area (Å²) in [6.45, 7) is 10.3. The molecule has 1 aliphatic rings. The van der Waals surface area contributed by atoms with E-state index in [1.165, 1.54) is 30.6 Å². The molecule has 322 valence electrons. The van der Waals surface area contributed by atoms with Gasteiger partial charge in [0.1, 0.15) is 48.9 Å². The molecule has 3 N–H and O–H groups in total. The molecule has 0 unspecified atom stereocenters. The van der Waals surface area contributed by atoms with Gasteiger partial charge in [-0.3, -0.25) is 14.4 Å². The third kappa shape index (κ3) is 12.5. The van der Waals surface area contributed by atoms with E-state index in [-0.39, 0.29) is 43.3 Å². The summed E-state index contributed by atoms with van der Waals surface area (Å²) in [7, 11) is 0. The van der Waals surface area contributed by atoms with Crippen molar-refractivity contribution in [1.29, 1.82) is 0 Å². The summed E-state index contributed by atoms with van der Waals surface area (Å²) < 4.78 is 52.7. The zero-order valence-corrected chi connectivity index (χ0v) is 35.2. The highest BCUT2D eigenvalue weighted by Gasteiger charge is 2.43. The molecule has 2 aromatic heterocycles. The van der Waals surface area contributed by atoms with Crippen molar-refractivity contribution in [2.45, 2.75) is 66.0 Å². The number of anilines is 2. The van der Waals surface area contributed by atoms with Crippen LogP contribution >= 0.6 is 11.3 Å². The number of rotatable bonds is 16. The van der Waals surface area contributed by atoms with Gasteiger partial charge in [0.15, 0.2) is 0 Å². The van der Waals surface area contributed by atoms with E-state index in [4.69, 9.17) is 9.47 Å². The molecular weight excluding hydrogens is 812 g/mol. The molecule has 0 saturated carbocycles. The number of aryl methyl sites for hydroxylation is 1. The average molecular weight is 860 g/mol. The zero-order valence-electron chi connectivity index (χ0n) is 34.4. The summed E-state index contributed by atoms with van der Waals surface area (Å²) in [5.41, 5.74) is 6.02. The van der Waals surface area contributed by atoms with Crippen LogP contribution in [0.3, 0.4) is 0 Å². The third-order valence-electron chi connectivity index (χ3n) is 9.85. The molecule has 3 aromatic carbocycles. The third-order valence-corrected chi connectivity index (χ3v) is 10.8. The number of aromatic nitrogens is 3. The predicted molar refractivity (Wildman–Crippen MR) is 225 cm³/mol. The van der Waals surface area contributed by atoms with Crippen molar-refractivity contribution in [3.8, 4) is 33.2 Å². The van der Waals surface area contributed by atoms with Crippen LogP contribution in [0.15, 0.2) is 90.7 Å². The van der Waals surface area contributed by atoms with Crippen molar-refractivity contribution in [3.63, 3.8) is 0 Å². The Bertz CT molecular complexity index is 2270. The molecule has 3 amide bonds. The maximum absolute atomic E-state index is 14.0. The van der Waals surface area contributed by atoms with E-state index in [0.29, 0.717) is 42.5 Å². The fraction of sp³-hybridized carbons (Fsp3) is 0.364. The van der Waals surface area contributed by atoms with Gasteiger partial charge in [-0.1, -0.05) is 52.0 Å². The van der Waals surface area contributed by atoms with Gasteiger partial charge in [-0.2, -0.15) is 0 Å². The maximum Gasteiger partial charge on any atom is 0.573 e. The molecule has 5 aromatic rings. The lowest BCUT2D eigenvalue weighted by Gasteiger charge is -2.35. The predicted octanol–water partition coefficient (Wildman–Crippen LogP) is 7.70. The minimum Gasteiger partial charge on any atom is -0.491 e. The van der Waals surface area contributed by atoms with E-state index < -0.39 is 29.8 Å². The highest BCUT2D eigenvalue weighted by molar-refractivity contribution is 7.13. The lowest BCUT2D eigenvalue weighted by Crippen LogP contribution is -2.58. The van der Waals surface area contributed by atoms with Gasteiger partial charge < -0.3 is 35.1 Å². The molecular formula is C44H48F3N7O6S. The molecule has 1 saturated heterocycles. The first kappa shape index (κ1) is 44.5. The second-order valence-corrected chi connectivity index (χ2v) is 16.7. The SMILES string of the molecule is Cc1ncsc1-c1ccc(CNC(=O)[C@@H]2C[C@@H](C)CN2C(=O)[C@@H](NC(=O)COCCOc2ccc(-c3cc(Nc4ccc(OC(F)(F)F)cc4)ncn3)cc2)C(C)(C)C)cc1. The van der Waals surface area contributed by atoms with Gasteiger partial charge in [-0.15, -0.1) is 24.5 Å². The Morgan fingerprint density at radius 3 is 2.25 bits per heavy atom. The maximum atomic E-state index is 14.0. The number of benzene rings is 3. The number of thiazole rings is 1. The van der Waals surface area contributed by atoms with Gasteiger partial charge in [0, 0.05) is 30.4 Å². The lowest BCUT2D eigenvalue weighted by molar-refractivity contribution is -0.274. The van der Waals surface area contributed by atoms with Crippen molar-refractivity contribution < 1.29 is 41.8 Å². The van der Waals surface area contributed by atoms with Crippen LogP contribution in [0.2, 0.25) is 0 Å². The molecule has 13 nitrogen and oxygen atoms in total. The van der Waals surface area contributed by atoms with Crippen molar-refractivity contribution >= 4 is 40.6 Å². The van der Waals surface area contributed by atoms with Gasteiger partial charge in [0.05, 0.1) is 28.4 Å². The standard InChI is InChI=1S/C44H48F3N7O6S/c1-27-20-36(41(56)48-22-29-6-8-31(9-7-29)39-28(2)51-26-61-39)54(23-27)42(57)40(43(3,4)5)53-38(55)24-58-18-19-59-33-14-10-30(11-15-33)35-21-37(50-25-49-35)52-32-12-16-34(17-13-32)60-44(45,46)47/h6-17,21,25-27,36,40H,18-20,22-24H2,1-5H3,(H,48,56)(H,53,55)(H,49,50,52)/t27-,36+,40-/m1/s1. The highest BCUT2D eigenvalue weighted by atomic mass is 32.1. The minimum atomic E-state index is -4.77. The number of nitrogens with zero attached hydrogens (tertiary/aromatic N) is 4. The molecule has 61 heavy (non-hydrogen) atoms. The van der Waals surface area contributed by atoms with E-state index in [1.54, 1.807) is 34.4 Å². The molecule has 1 aliphatic heterocycles. The Hall–Kier alpha value is -6.07. The molecule has 0 spiro atoms. The summed E-state index contributed by atoms with van der Waals surface area (Å²) in [4.78, 5) is 56.1. The Balaban J connectivity index is 0.943. The van der Waals surface area contributed by atoms with Crippen LogP contribution in [0.4, 0.5) is 24.7 Å². The second kappa shape index (κ2) is 19.5. The Morgan fingerprint density at radius 1 is 0.902 bits per heavy atom. The molecule has 0 bridgehead atoms. The molecule has 1 fully saturated rings. The van der Waals surface area contributed by atoms with Gasteiger partial charge in [0.2, 0.25) is 17.7 Å². The summed E-state index contributed by atoms with van der Waals surface area (Å²) in [6.07, 6.45) is -2.89. The van der Waals surface area contributed by atoms with Crippen LogP contribution in [-0.4, -0.2) is 82.4 Å². The Morgan fingerprint density at radius 2 is 1.59 bits per heavy atom. The van der Waals surface area contributed by atoms with Gasteiger partial charge in [-0.25, -0.2) is 15.0 Å². The number of hydrogen-bond acceptors (Lipinski definition) is 11. The minimum absolute atomic E-state index is 0.104. The van der Waals surface area contributed by atoms with Gasteiger partial charge in [0.25, 0.3) is 0 Å². The summed E-state index contributed by atoms with van der Waals surface area (Å²) in [6, 6.07) is 20.5. The number of likely N-dealkylation sites (tertiary alicyclic amines) is 1. The average Bonchev–Trinajstić information content (AvgIpc) is 3.84. The molecule has 3 atom stereocenters. The smallest absolute Gasteiger partial charge is 0.491 e. The Kier molecular flexibility index (Phi) is 14.2. The van der Waals surface area contributed by atoms with Crippen molar-refractivity contribution in [2.24, 2.45) is 11.3 Å². The van der Waals surface area contributed by atoms with E-state index in [0.717, 1.165) is 27.3 Å². The normalized spacial score (nSPS) is 15.8. The van der Waals surface area contributed by atoms with Crippen LogP contribution in [0.25, 0.3) is 21.7 Å². The number of alkyl halides is 3. The molecule has 0 aliphatic carbocycles. The Labute approximate surface area is 356 Å². The van der Waals surface area contributed by atoms with Gasteiger partial charge in [-0.05, 0) is 84.3 Å². The number of hydrogen-bond donors (Lipinski definition) is 3. The first-order valence-electron chi connectivity index (χ1n) is 19.6. The second-order valence-electron chi connectivity index (χ2n) is 15.8. The first-order chi connectivity index (χ1) is 29.0. The van der Waals surface area contributed by atoms with Crippen LogP contribution in [-0.2, 0) is 25.7 Å². The van der Waals surface area contributed by atoms with Gasteiger partial charge >= 0.3 is 6.36 Å². The summed E-state index contributed by atoms with van der Waals surface area (Å²) >= 11 is 1.58. The lowest BCUT2D eigenvalue weighted by atomic mass is 9.85. The number of ether oxygens (including phenoxy) is 3. The highest BCUT2D eigenvalue weighted by Crippen LogP contribution is 2.31. The van der Waals surface area contributed by atoms with E-state index in [2.05, 4.69) is 35.6 Å². The number of nitrogens with one attached hydrogen (secondary N) is 3. The van der Waals surface area contributed by atoms with Crippen LogP contribution in [0.5, 0.6) is 11.5 Å². The molecule has 3 heterocycles. The fourth-order valence-electron chi connectivity index (χ4n) is 6.79. The number of carbonyl (C=O) groups is 3. The topological polar surface area (TPSA) is 157 Å². The van der Waals surface area contributed by atoms with Crippen LogP contribution < -0.4 is 25.4 Å². The molecule has 0 radical (unpaired) electrons. The van der Waals surface area contributed by atoms with Crippen LogP contribution in [0.1, 0.15) is 45.4 Å². The van der Waals surface area contributed by atoms with Crippen LogP contribution in [0, 0.1) is 18.3 Å². The zero-order chi connectivity index (χ0) is 43.7. The monoisotopic (exact) mass is 859 g/mol. The number of halogens is 3. The fourth-order valence-corrected chi connectivity index (χ4v) is 7.60. The van der Waals surface area contributed by atoms with Crippen molar-refractivity contribution in [2.75, 3.05) is 31.7 Å².